The van der Waals surface area contributed by atoms with E-state index in [1.807, 2.05) is 0 Å². The van der Waals surface area contributed by atoms with Crippen molar-refractivity contribution in [2.24, 2.45) is 0 Å². The van der Waals surface area contributed by atoms with Crippen LogP contribution in [-0.2, 0) is 37.2 Å². The molecule has 0 aliphatic heterocycles. The average Bonchev–Trinajstić information content (AvgIpc) is 3.82. The van der Waals surface area contributed by atoms with Gasteiger partial charge in [-0.3, -0.25) is 0 Å². The van der Waals surface area contributed by atoms with Gasteiger partial charge in [0.1, 0.15) is 0 Å². The Kier molecular flexibility index (Phi) is 9.76. The van der Waals surface area contributed by atoms with E-state index >= 15 is 0 Å². The Balaban J connectivity index is 1.62. The zero-order valence-electron chi connectivity index (χ0n) is 35.0. The second kappa shape index (κ2) is 14.7. The van der Waals surface area contributed by atoms with Crippen LogP contribution in [-0.4, -0.2) is 3.26 Å². The van der Waals surface area contributed by atoms with Gasteiger partial charge in [0.05, 0.1) is 0 Å². The molecule has 0 amide bonds. The first kappa shape index (κ1) is 38.5. The van der Waals surface area contributed by atoms with Gasteiger partial charge in [0, 0.05) is 0 Å². The van der Waals surface area contributed by atoms with Gasteiger partial charge in [-0.25, -0.2) is 0 Å². The molecule has 0 spiro atoms. The minimum atomic E-state index is -5.51. The van der Waals surface area contributed by atoms with Gasteiger partial charge in [0.25, 0.3) is 0 Å². The Morgan fingerprint density at radius 2 is 0.862 bits per heavy atom. The second-order valence-corrected chi connectivity index (χ2v) is 41.4. The fraction of sp³-hybridized carbons (Fsp3) is 0.211. The van der Waals surface area contributed by atoms with Crippen molar-refractivity contribution in [3.05, 3.63) is 244 Å². The van der Waals surface area contributed by atoms with Crippen molar-refractivity contribution in [3.63, 3.8) is 0 Å². The second-order valence-electron chi connectivity index (χ2n) is 19.3. The van der Waals surface area contributed by atoms with E-state index in [1.54, 1.807) is 3.26 Å². The fourth-order valence-electron chi connectivity index (χ4n) is 11.3. The first-order chi connectivity index (χ1) is 28.0. The van der Waals surface area contributed by atoms with Crippen LogP contribution in [0.1, 0.15) is 105 Å². The quantitative estimate of drug-likeness (QED) is 0.133. The van der Waals surface area contributed by atoms with E-state index in [4.69, 9.17) is 0 Å². The summed E-state index contributed by atoms with van der Waals surface area (Å²) in [6.45, 7) is 14.3. The van der Waals surface area contributed by atoms with E-state index in [9.17, 15) is 0 Å². The molecular formula is C57H56Hf. The van der Waals surface area contributed by atoms with Crippen molar-refractivity contribution in [2.75, 3.05) is 0 Å². The monoisotopic (exact) mass is 920 g/mol. The molecular weight excluding hydrogens is 863 g/mol. The number of rotatable bonds is 8. The summed E-state index contributed by atoms with van der Waals surface area (Å²) in [6, 6.07) is 71.0. The van der Waals surface area contributed by atoms with Crippen molar-refractivity contribution in [1.82, 2.24) is 0 Å². The Labute approximate surface area is 348 Å². The number of hydrogen-bond acceptors (Lipinski definition) is 0. The summed E-state index contributed by atoms with van der Waals surface area (Å²) in [4.78, 5) is 0. The third-order valence-corrected chi connectivity index (χ3v) is 44.1. The van der Waals surface area contributed by atoms with Crippen LogP contribution in [0.5, 0.6) is 0 Å². The van der Waals surface area contributed by atoms with Crippen LogP contribution in [0.25, 0.3) is 17.2 Å². The maximum absolute atomic E-state index is 5.51. The summed E-state index contributed by atoms with van der Waals surface area (Å²) in [5.41, 5.74) is 17.1. The predicted octanol–water partition coefficient (Wildman–Crippen LogP) is 14.5. The molecule has 9 rings (SSSR count). The topological polar surface area (TPSA) is 0 Å². The molecule has 1 heteroatoms. The molecule has 7 aromatic carbocycles. The molecule has 2 aliphatic carbocycles. The summed E-state index contributed by atoms with van der Waals surface area (Å²) in [5, 5.41) is 0. The van der Waals surface area contributed by atoms with Gasteiger partial charge in [-0.1, -0.05) is 0 Å². The molecule has 0 fully saturated rings. The number of hydrogen-bond donors (Lipinski definition) is 0. The molecule has 288 valence electrons. The first-order valence-electron chi connectivity index (χ1n) is 21.3. The van der Waals surface area contributed by atoms with E-state index in [2.05, 4.69) is 236 Å². The van der Waals surface area contributed by atoms with E-state index in [0.717, 1.165) is 8.35 Å². The summed E-state index contributed by atoms with van der Waals surface area (Å²) in [6.07, 6.45) is 5.17. The molecule has 1 atom stereocenters. The number of benzene rings is 7. The van der Waals surface area contributed by atoms with E-state index in [-0.39, 0.29) is 18.2 Å². The zero-order valence-corrected chi connectivity index (χ0v) is 38.6. The van der Waals surface area contributed by atoms with Crippen LogP contribution in [0.15, 0.2) is 188 Å². The number of fused-ring (bicyclic) bond motifs is 4. The van der Waals surface area contributed by atoms with Crippen LogP contribution >= 0.6 is 0 Å². The standard InChI is InChI=1S/C21H25.C13H10.C9H7.2C7H7.Hf/c1-20(2,3)16-7-9-18-14(12-16)11-15-13-17(21(4,5)6)8-10-19(15)18;1-3-7-12(8-4-1)11-13-9-5-2-6-10-13;1-2-5-9-7-3-6-8(9)4-1;2*1-7-5-3-2-4-6-7;/h7-13H,1-6H3;1-10H;1-7H;2*2-6H,1H2;. The Morgan fingerprint density at radius 3 is 1.31 bits per heavy atom. The molecule has 0 radical (unpaired) electrons. The van der Waals surface area contributed by atoms with Gasteiger partial charge < -0.3 is 0 Å². The molecule has 7 aromatic rings. The summed E-state index contributed by atoms with van der Waals surface area (Å²) in [7, 11) is 0. The minimum absolute atomic E-state index is 0.0124. The van der Waals surface area contributed by atoms with Crippen LogP contribution in [0.2, 0.25) is 0 Å². The molecule has 58 heavy (non-hydrogen) atoms. The normalized spacial score (nSPS) is 15.2. The molecule has 0 nitrogen and oxygen atoms in total. The summed E-state index contributed by atoms with van der Waals surface area (Å²) in [5.74, 6) is 0. The van der Waals surface area contributed by atoms with Crippen LogP contribution in [0.4, 0.5) is 0 Å². The maximum atomic E-state index is 2.69. The predicted molar refractivity (Wildman–Crippen MR) is 246 cm³/mol. The van der Waals surface area contributed by atoms with E-state index < -0.39 is 18.0 Å². The fourth-order valence-corrected chi connectivity index (χ4v) is 47.7. The van der Waals surface area contributed by atoms with Crippen molar-refractivity contribution >= 4 is 9.33 Å². The van der Waals surface area contributed by atoms with Crippen LogP contribution in [0, 0.1) is 0 Å². The Morgan fingerprint density at radius 1 is 0.448 bits per heavy atom. The SMILES string of the molecule is CC(C)(C)c1ccc2c(c1)[CH]([Hf]([CH2]c1ccccc1)([CH2]c1ccccc1)(=[C](c1ccccc1)c1ccccc1)[CH]1C=Cc3ccccc31)c1cc(C(C)(C)C)ccc1-2. The molecule has 0 saturated carbocycles. The van der Waals surface area contributed by atoms with Gasteiger partial charge in [-0.05, 0) is 0 Å². The molecule has 0 bridgehead atoms. The van der Waals surface area contributed by atoms with Crippen LogP contribution < -0.4 is 0 Å². The van der Waals surface area contributed by atoms with Gasteiger partial charge in [0.15, 0.2) is 0 Å². The van der Waals surface area contributed by atoms with Gasteiger partial charge >= 0.3 is 350 Å². The molecule has 0 aromatic heterocycles. The van der Waals surface area contributed by atoms with Crippen LogP contribution in [0.3, 0.4) is 0 Å². The summed E-state index contributed by atoms with van der Waals surface area (Å²) >= 11 is -5.51. The van der Waals surface area contributed by atoms with Gasteiger partial charge in [0.2, 0.25) is 0 Å². The van der Waals surface area contributed by atoms with Crippen molar-refractivity contribution in [3.8, 4) is 11.1 Å². The Hall–Kier alpha value is -4.98. The third kappa shape index (κ3) is 6.42. The van der Waals surface area contributed by atoms with Crippen molar-refractivity contribution < 1.29 is 18.0 Å². The van der Waals surface area contributed by atoms with Gasteiger partial charge in [-0.2, -0.15) is 0 Å². The first-order valence-corrected chi connectivity index (χ1v) is 32.3. The molecule has 1 unspecified atom stereocenters. The number of allylic oxidation sites excluding steroid dienone is 1. The van der Waals surface area contributed by atoms with Crippen molar-refractivity contribution in [2.45, 2.75) is 68.1 Å². The molecule has 0 saturated heterocycles. The van der Waals surface area contributed by atoms with Crippen molar-refractivity contribution in [1.29, 1.82) is 0 Å². The molecule has 0 heterocycles. The molecule has 0 N–H and O–H groups in total. The Bertz CT molecular complexity index is 2550. The molecule has 2 aliphatic rings. The van der Waals surface area contributed by atoms with Gasteiger partial charge in [-0.15, -0.1) is 0 Å². The third-order valence-electron chi connectivity index (χ3n) is 13.7. The van der Waals surface area contributed by atoms with E-state index in [1.165, 1.54) is 66.8 Å². The summed E-state index contributed by atoms with van der Waals surface area (Å²) < 4.78 is 4.05. The van der Waals surface area contributed by atoms with E-state index in [0.29, 0.717) is 0 Å². The average molecular weight is 920 g/mol. The zero-order chi connectivity index (χ0) is 40.1.